The fourth-order valence-electron chi connectivity index (χ4n) is 3.48. The minimum absolute atomic E-state index is 0.0294. The van der Waals surface area contributed by atoms with Gasteiger partial charge in [-0.2, -0.15) is 0 Å². The second-order valence-electron chi connectivity index (χ2n) is 7.63. The van der Waals surface area contributed by atoms with Crippen molar-refractivity contribution in [2.75, 3.05) is 6.61 Å². The lowest BCUT2D eigenvalue weighted by molar-refractivity contribution is -0.384. The second-order valence-corrected chi connectivity index (χ2v) is 8.04. The van der Waals surface area contributed by atoms with Crippen molar-refractivity contribution in [1.82, 2.24) is 0 Å². The Morgan fingerprint density at radius 1 is 1.11 bits per heavy atom. The van der Waals surface area contributed by atoms with E-state index in [2.05, 4.69) is 4.99 Å². The molecular formula is C26H21ClN2O6. The van der Waals surface area contributed by atoms with Gasteiger partial charge in [0.1, 0.15) is 6.61 Å². The Morgan fingerprint density at radius 2 is 1.91 bits per heavy atom. The number of carbonyl (C=O) groups is 1. The lowest BCUT2D eigenvalue weighted by Crippen LogP contribution is -2.06. The lowest BCUT2D eigenvalue weighted by atomic mass is 10.1. The molecule has 1 aliphatic heterocycles. The number of hydrogen-bond acceptors (Lipinski definition) is 7. The zero-order valence-corrected chi connectivity index (χ0v) is 19.7. The van der Waals surface area contributed by atoms with Gasteiger partial charge in [-0.1, -0.05) is 41.9 Å². The molecule has 0 fully saturated rings. The van der Waals surface area contributed by atoms with Crippen molar-refractivity contribution in [2.24, 2.45) is 4.99 Å². The summed E-state index contributed by atoms with van der Waals surface area (Å²) in [5.41, 5.74) is 2.96. The van der Waals surface area contributed by atoms with Gasteiger partial charge in [0.25, 0.3) is 5.69 Å². The van der Waals surface area contributed by atoms with Crippen molar-refractivity contribution >= 4 is 35.2 Å². The number of rotatable bonds is 8. The van der Waals surface area contributed by atoms with E-state index in [9.17, 15) is 14.9 Å². The number of non-ortho nitro benzene ring substituents is 1. The molecule has 0 amide bonds. The first-order valence-corrected chi connectivity index (χ1v) is 11.1. The molecule has 0 radical (unpaired) electrons. The van der Waals surface area contributed by atoms with Crippen LogP contribution < -0.4 is 9.47 Å². The first-order valence-electron chi connectivity index (χ1n) is 10.8. The number of carbonyl (C=O) groups excluding carboxylic acids is 1. The molecule has 0 saturated carbocycles. The number of nitrogens with zero attached hydrogens (tertiary/aromatic N) is 2. The van der Waals surface area contributed by atoms with Gasteiger partial charge < -0.3 is 14.2 Å². The number of ether oxygens (including phenoxy) is 3. The molecule has 1 heterocycles. The number of halogens is 1. The van der Waals surface area contributed by atoms with E-state index in [1.54, 1.807) is 30.3 Å². The summed E-state index contributed by atoms with van der Waals surface area (Å²) >= 11 is 6.49. The number of esters is 1. The minimum Gasteiger partial charge on any atom is -0.490 e. The van der Waals surface area contributed by atoms with Crippen molar-refractivity contribution in [3.63, 3.8) is 0 Å². The summed E-state index contributed by atoms with van der Waals surface area (Å²) in [6, 6.07) is 16.9. The Morgan fingerprint density at radius 3 is 2.66 bits per heavy atom. The number of nitro groups is 1. The summed E-state index contributed by atoms with van der Waals surface area (Å²) in [6.45, 7) is 4.13. The standard InChI is InChI=1S/C26H21ClN2O6/c1-3-33-23-14-18(13-22-26(30)35-25(28-22)20-10-5-4-7-16(20)2)12-21(27)24(23)34-15-17-8-6-9-19(11-17)29(31)32/h4-14H,3,15H2,1-2H3/b22-13-. The number of nitro benzene ring substituents is 1. The number of benzene rings is 3. The third kappa shape index (κ3) is 5.50. The minimum atomic E-state index is -0.566. The van der Waals surface area contributed by atoms with Crippen LogP contribution in [0.25, 0.3) is 6.08 Å². The molecule has 4 rings (SSSR count). The maximum Gasteiger partial charge on any atom is 0.363 e. The monoisotopic (exact) mass is 492 g/mol. The predicted octanol–water partition coefficient (Wildman–Crippen LogP) is 5.88. The lowest BCUT2D eigenvalue weighted by Gasteiger charge is -2.14. The molecule has 0 aliphatic carbocycles. The van der Waals surface area contributed by atoms with E-state index in [0.717, 1.165) is 11.1 Å². The van der Waals surface area contributed by atoms with Gasteiger partial charge in [0, 0.05) is 17.7 Å². The van der Waals surface area contributed by atoms with Gasteiger partial charge in [-0.25, -0.2) is 9.79 Å². The fourth-order valence-corrected chi connectivity index (χ4v) is 3.76. The Balaban J connectivity index is 1.61. The first kappa shape index (κ1) is 24.0. The summed E-state index contributed by atoms with van der Waals surface area (Å²) in [7, 11) is 0. The zero-order valence-electron chi connectivity index (χ0n) is 19.0. The molecule has 35 heavy (non-hydrogen) atoms. The average Bonchev–Trinajstić information content (AvgIpc) is 3.19. The summed E-state index contributed by atoms with van der Waals surface area (Å²) in [5, 5.41) is 11.3. The average molecular weight is 493 g/mol. The van der Waals surface area contributed by atoms with Crippen LogP contribution in [0.15, 0.2) is 71.4 Å². The molecule has 0 spiro atoms. The first-order chi connectivity index (χ1) is 16.9. The predicted molar refractivity (Wildman–Crippen MR) is 132 cm³/mol. The largest absolute Gasteiger partial charge is 0.490 e. The molecule has 1 aliphatic rings. The van der Waals surface area contributed by atoms with Crippen molar-refractivity contribution < 1.29 is 23.9 Å². The van der Waals surface area contributed by atoms with E-state index in [4.69, 9.17) is 25.8 Å². The third-order valence-corrected chi connectivity index (χ3v) is 5.42. The number of aliphatic imine (C=N–C) groups is 1. The highest BCUT2D eigenvalue weighted by Crippen LogP contribution is 2.38. The van der Waals surface area contributed by atoms with Crippen LogP contribution in [-0.2, 0) is 16.1 Å². The van der Waals surface area contributed by atoms with Crippen LogP contribution >= 0.6 is 11.6 Å². The van der Waals surface area contributed by atoms with Crippen LogP contribution in [0.1, 0.15) is 29.2 Å². The van der Waals surface area contributed by atoms with E-state index in [-0.39, 0.29) is 28.9 Å². The van der Waals surface area contributed by atoms with Gasteiger partial charge in [0.15, 0.2) is 17.2 Å². The molecule has 0 bridgehead atoms. The Hall–Kier alpha value is -4.17. The van der Waals surface area contributed by atoms with Crippen LogP contribution in [-0.4, -0.2) is 23.4 Å². The molecular weight excluding hydrogens is 472 g/mol. The molecule has 0 N–H and O–H groups in total. The third-order valence-electron chi connectivity index (χ3n) is 5.14. The van der Waals surface area contributed by atoms with E-state index in [1.807, 2.05) is 38.1 Å². The van der Waals surface area contributed by atoms with Crippen LogP contribution in [0.3, 0.4) is 0 Å². The molecule has 3 aromatic carbocycles. The maximum atomic E-state index is 12.4. The summed E-state index contributed by atoms with van der Waals surface area (Å²) in [6.07, 6.45) is 1.56. The van der Waals surface area contributed by atoms with Gasteiger partial charge in [-0.15, -0.1) is 0 Å². The van der Waals surface area contributed by atoms with E-state index < -0.39 is 10.9 Å². The maximum absolute atomic E-state index is 12.4. The van der Waals surface area contributed by atoms with Crippen molar-refractivity contribution in [3.05, 3.63) is 104 Å². The zero-order chi connectivity index (χ0) is 24.9. The number of aryl methyl sites for hydroxylation is 1. The number of hydrogen-bond donors (Lipinski definition) is 0. The topological polar surface area (TPSA) is 100 Å². The SMILES string of the molecule is CCOc1cc(/C=C2\N=C(c3ccccc3C)OC2=O)cc(Cl)c1OCc1cccc([N+](=O)[O-])c1. The smallest absolute Gasteiger partial charge is 0.363 e. The normalized spacial score (nSPS) is 14.0. The second kappa shape index (κ2) is 10.4. The summed E-state index contributed by atoms with van der Waals surface area (Å²) in [4.78, 5) is 27.3. The van der Waals surface area contributed by atoms with Crippen LogP contribution in [0.5, 0.6) is 11.5 Å². The Bertz CT molecular complexity index is 1370. The van der Waals surface area contributed by atoms with E-state index in [0.29, 0.717) is 29.2 Å². The van der Waals surface area contributed by atoms with Gasteiger partial charge in [-0.05, 0) is 54.8 Å². The molecule has 3 aromatic rings. The van der Waals surface area contributed by atoms with Gasteiger partial charge >= 0.3 is 5.97 Å². The van der Waals surface area contributed by atoms with Gasteiger partial charge in [0.2, 0.25) is 5.90 Å². The Kier molecular flexibility index (Phi) is 7.12. The van der Waals surface area contributed by atoms with E-state index >= 15 is 0 Å². The van der Waals surface area contributed by atoms with Gasteiger partial charge in [-0.3, -0.25) is 10.1 Å². The van der Waals surface area contributed by atoms with Crippen molar-refractivity contribution in [3.8, 4) is 11.5 Å². The van der Waals surface area contributed by atoms with Crippen molar-refractivity contribution in [1.29, 1.82) is 0 Å². The molecule has 0 saturated heterocycles. The highest BCUT2D eigenvalue weighted by Gasteiger charge is 2.25. The summed E-state index contributed by atoms with van der Waals surface area (Å²) in [5.74, 6) is 0.336. The van der Waals surface area contributed by atoms with Crippen LogP contribution in [0, 0.1) is 17.0 Å². The number of cyclic esters (lactones) is 1. The molecule has 0 atom stereocenters. The quantitative estimate of drug-likeness (QED) is 0.168. The van der Waals surface area contributed by atoms with Crippen LogP contribution in [0.2, 0.25) is 5.02 Å². The fraction of sp³-hybridized carbons (Fsp3) is 0.154. The molecule has 9 heteroatoms. The molecule has 178 valence electrons. The Labute approximate surface area is 206 Å². The van der Waals surface area contributed by atoms with Crippen LogP contribution in [0.4, 0.5) is 5.69 Å². The van der Waals surface area contributed by atoms with Gasteiger partial charge in [0.05, 0.1) is 16.6 Å². The molecule has 8 nitrogen and oxygen atoms in total. The van der Waals surface area contributed by atoms with Crippen molar-refractivity contribution in [2.45, 2.75) is 20.5 Å². The highest BCUT2D eigenvalue weighted by atomic mass is 35.5. The molecule has 0 aromatic heterocycles. The summed E-state index contributed by atoms with van der Waals surface area (Å²) < 4.78 is 16.9. The molecule has 0 unspecified atom stereocenters. The highest BCUT2D eigenvalue weighted by molar-refractivity contribution is 6.32. The van der Waals surface area contributed by atoms with E-state index in [1.165, 1.54) is 12.1 Å².